The maximum Gasteiger partial charge on any atom is 0.433 e. The minimum atomic E-state index is -4.65. The first-order valence-corrected chi connectivity index (χ1v) is 10.9. The lowest BCUT2D eigenvalue weighted by Crippen LogP contribution is -2.47. The average molecular weight is 487 g/mol. The number of rotatable bonds is 2. The van der Waals surface area contributed by atoms with Crippen LogP contribution in [0.4, 0.5) is 13.2 Å². The van der Waals surface area contributed by atoms with Crippen LogP contribution in [0, 0.1) is 0 Å². The van der Waals surface area contributed by atoms with Gasteiger partial charge in [-0.05, 0) is 66.6 Å². The molecule has 0 spiro atoms. The molecule has 2 unspecified atom stereocenters. The molecule has 4 heterocycles. The van der Waals surface area contributed by atoms with Gasteiger partial charge in [0.2, 0.25) is 0 Å². The summed E-state index contributed by atoms with van der Waals surface area (Å²) in [5.74, 6) is -0.382. The number of aromatic nitrogens is 3. The largest absolute Gasteiger partial charge is 0.433 e. The van der Waals surface area contributed by atoms with Gasteiger partial charge in [-0.3, -0.25) is 4.79 Å². The van der Waals surface area contributed by atoms with Crippen molar-refractivity contribution in [3.05, 3.63) is 39.4 Å². The fourth-order valence-corrected chi connectivity index (χ4v) is 5.02. The van der Waals surface area contributed by atoms with Gasteiger partial charge in [-0.1, -0.05) is 6.07 Å². The molecule has 0 aliphatic carbocycles. The summed E-state index contributed by atoms with van der Waals surface area (Å²) in [7, 11) is 0. The van der Waals surface area contributed by atoms with Gasteiger partial charge < -0.3 is 4.90 Å². The van der Waals surface area contributed by atoms with E-state index in [0.717, 1.165) is 25.3 Å². The quantitative estimate of drug-likeness (QED) is 0.470. The lowest BCUT2D eigenvalue weighted by atomic mass is 9.97. The van der Waals surface area contributed by atoms with E-state index in [9.17, 15) is 18.0 Å². The topological polar surface area (TPSA) is 50.5 Å². The molecule has 1 saturated heterocycles. The van der Waals surface area contributed by atoms with Crippen LogP contribution in [0.5, 0.6) is 0 Å². The maximum atomic E-state index is 13.8. The normalized spacial score (nSPS) is 20.4. The molecule has 4 rings (SSSR count). The molecule has 0 saturated carbocycles. The second-order valence-corrected chi connectivity index (χ2v) is 8.98. The molecule has 3 aromatic rings. The first-order chi connectivity index (χ1) is 13.7. The number of halogens is 4. The molecule has 1 aliphatic heterocycles. The summed E-state index contributed by atoms with van der Waals surface area (Å²) < 4.78 is 42.2. The molecular formula is C19H18BrF3N4OS. The Morgan fingerprint density at radius 3 is 2.55 bits per heavy atom. The molecule has 3 aromatic heterocycles. The Balaban J connectivity index is 1.89. The van der Waals surface area contributed by atoms with E-state index in [2.05, 4.69) is 26.0 Å². The Hall–Kier alpha value is -1.94. The summed E-state index contributed by atoms with van der Waals surface area (Å²) >= 11 is 4.60. The SMILES string of the molecule is CC1CCCC(C)N1C(=O)c1nn2c(C(F)(F)F)cc(-c3cccs3)nc2c1Br. The average Bonchev–Trinajstić information content (AvgIpc) is 3.28. The van der Waals surface area contributed by atoms with Crippen molar-refractivity contribution >= 4 is 38.8 Å². The van der Waals surface area contributed by atoms with Gasteiger partial charge in [-0.2, -0.15) is 18.3 Å². The highest BCUT2D eigenvalue weighted by Gasteiger charge is 2.38. The Bertz CT molecular complexity index is 1050. The minimum Gasteiger partial charge on any atom is -0.332 e. The van der Waals surface area contributed by atoms with E-state index in [0.29, 0.717) is 9.39 Å². The summed E-state index contributed by atoms with van der Waals surface area (Å²) in [4.78, 5) is 19.9. The van der Waals surface area contributed by atoms with Crippen molar-refractivity contribution in [1.82, 2.24) is 19.5 Å². The van der Waals surface area contributed by atoms with Crippen molar-refractivity contribution in [2.45, 2.75) is 51.4 Å². The number of amides is 1. The number of carbonyl (C=O) groups is 1. The van der Waals surface area contributed by atoms with E-state index in [1.165, 1.54) is 11.3 Å². The van der Waals surface area contributed by atoms with Gasteiger partial charge >= 0.3 is 6.18 Å². The van der Waals surface area contributed by atoms with Crippen LogP contribution in [0.2, 0.25) is 0 Å². The Labute approximate surface area is 177 Å². The smallest absolute Gasteiger partial charge is 0.332 e. The lowest BCUT2D eigenvalue weighted by molar-refractivity contribution is -0.142. The maximum absolute atomic E-state index is 13.8. The Morgan fingerprint density at radius 1 is 1.28 bits per heavy atom. The van der Waals surface area contributed by atoms with Crippen LogP contribution in [0.3, 0.4) is 0 Å². The van der Waals surface area contributed by atoms with Crippen molar-refractivity contribution < 1.29 is 18.0 Å². The number of hydrogen-bond donors (Lipinski definition) is 0. The third-order valence-corrected chi connectivity index (χ3v) is 6.85. The molecule has 0 aromatic carbocycles. The summed E-state index contributed by atoms with van der Waals surface area (Å²) in [6.45, 7) is 3.90. The van der Waals surface area contributed by atoms with Gasteiger partial charge in [-0.15, -0.1) is 11.3 Å². The number of nitrogens with zero attached hydrogens (tertiary/aromatic N) is 4. The van der Waals surface area contributed by atoms with Crippen molar-refractivity contribution in [2.75, 3.05) is 0 Å². The van der Waals surface area contributed by atoms with Crippen molar-refractivity contribution in [1.29, 1.82) is 0 Å². The van der Waals surface area contributed by atoms with E-state index in [4.69, 9.17) is 0 Å². The van der Waals surface area contributed by atoms with Gasteiger partial charge in [0.15, 0.2) is 17.0 Å². The molecule has 1 amide bonds. The zero-order valence-electron chi connectivity index (χ0n) is 15.7. The molecule has 2 atom stereocenters. The number of likely N-dealkylation sites (tertiary alicyclic amines) is 1. The highest BCUT2D eigenvalue weighted by Crippen LogP contribution is 2.36. The lowest BCUT2D eigenvalue weighted by Gasteiger charge is -2.38. The molecule has 10 heteroatoms. The Morgan fingerprint density at radius 2 is 1.97 bits per heavy atom. The fourth-order valence-electron chi connectivity index (χ4n) is 3.82. The second-order valence-electron chi connectivity index (χ2n) is 7.24. The minimum absolute atomic E-state index is 0.000289. The molecule has 0 radical (unpaired) electrons. The van der Waals surface area contributed by atoms with Gasteiger partial charge in [0.25, 0.3) is 5.91 Å². The predicted octanol–water partition coefficient (Wildman–Crippen LogP) is 5.64. The van der Waals surface area contributed by atoms with E-state index in [1.54, 1.807) is 22.4 Å². The second kappa shape index (κ2) is 7.39. The monoisotopic (exact) mass is 486 g/mol. The van der Waals surface area contributed by atoms with E-state index >= 15 is 0 Å². The van der Waals surface area contributed by atoms with Crippen LogP contribution < -0.4 is 0 Å². The van der Waals surface area contributed by atoms with Crippen molar-refractivity contribution in [3.8, 4) is 10.6 Å². The molecular weight excluding hydrogens is 469 g/mol. The standard InChI is InChI=1S/C19H18BrF3N4OS/c1-10-5-3-6-11(2)26(10)18(28)16-15(20)17-24-12(13-7-4-8-29-13)9-14(19(21,22)23)27(17)25-16/h4,7-11H,3,5-6H2,1-2H3. The predicted molar refractivity (Wildman–Crippen MR) is 108 cm³/mol. The van der Waals surface area contributed by atoms with Gasteiger partial charge in [-0.25, -0.2) is 9.50 Å². The number of hydrogen-bond acceptors (Lipinski definition) is 4. The molecule has 0 N–H and O–H groups in total. The van der Waals surface area contributed by atoms with Crippen LogP contribution >= 0.6 is 27.3 Å². The highest BCUT2D eigenvalue weighted by molar-refractivity contribution is 9.10. The first-order valence-electron chi connectivity index (χ1n) is 9.21. The summed E-state index contributed by atoms with van der Waals surface area (Å²) in [6, 6.07) is 4.42. The summed E-state index contributed by atoms with van der Waals surface area (Å²) in [6.07, 6.45) is -1.92. The third kappa shape index (κ3) is 3.56. The van der Waals surface area contributed by atoms with E-state index < -0.39 is 11.9 Å². The van der Waals surface area contributed by atoms with Crippen LogP contribution in [-0.4, -0.2) is 37.5 Å². The van der Waals surface area contributed by atoms with Crippen LogP contribution in [0.15, 0.2) is 28.1 Å². The van der Waals surface area contributed by atoms with Crippen LogP contribution in [-0.2, 0) is 6.18 Å². The number of thiophene rings is 1. The summed E-state index contributed by atoms with van der Waals surface area (Å²) in [5, 5.41) is 5.82. The number of fused-ring (bicyclic) bond motifs is 1. The third-order valence-electron chi connectivity index (χ3n) is 5.23. The van der Waals surface area contributed by atoms with Gasteiger partial charge in [0, 0.05) is 12.1 Å². The van der Waals surface area contributed by atoms with E-state index in [1.807, 2.05) is 13.8 Å². The molecule has 154 valence electrons. The summed E-state index contributed by atoms with van der Waals surface area (Å²) in [5.41, 5.74) is -0.847. The molecule has 5 nitrogen and oxygen atoms in total. The van der Waals surface area contributed by atoms with Gasteiger partial charge in [0.1, 0.15) is 0 Å². The molecule has 1 aliphatic rings. The molecule has 29 heavy (non-hydrogen) atoms. The van der Waals surface area contributed by atoms with Gasteiger partial charge in [0.05, 0.1) is 15.0 Å². The first kappa shape index (κ1) is 20.3. The Kier molecular flexibility index (Phi) is 5.18. The number of piperidine rings is 1. The zero-order chi connectivity index (χ0) is 20.9. The van der Waals surface area contributed by atoms with Crippen LogP contribution in [0.25, 0.3) is 16.2 Å². The zero-order valence-corrected chi connectivity index (χ0v) is 18.1. The fraction of sp³-hybridized carbons (Fsp3) is 0.421. The molecule has 1 fully saturated rings. The number of carbonyl (C=O) groups excluding carboxylic acids is 1. The highest BCUT2D eigenvalue weighted by atomic mass is 79.9. The van der Waals surface area contributed by atoms with E-state index in [-0.39, 0.29) is 39.5 Å². The van der Waals surface area contributed by atoms with Crippen molar-refractivity contribution in [2.24, 2.45) is 0 Å². The van der Waals surface area contributed by atoms with Crippen LogP contribution in [0.1, 0.15) is 49.3 Å². The van der Waals surface area contributed by atoms with Crippen molar-refractivity contribution in [3.63, 3.8) is 0 Å². The molecule has 0 bridgehead atoms. The number of alkyl halides is 3.